The van der Waals surface area contributed by atoms with E-state index in [1.807, 2.05) is 31.1 Å². The third kappa shape index (κ3) is 6.33. The maximum absolute atomic E-state index is 12.8. The molecule has 2 aromatic rings. The van der Waals surface area contributed by atoms with Gasteiger partial charge in [-0.3, -0.25) is 4.79 Å². The zero-order valence-electron chi connectivity index (χ0n) is 20.2. The van der Waals surface area contributed by atoms with Gasteiger partial charge >= 0.3 is 0 Å². The second-order valence-corrected chi connectivity index (χ2v) is 9.83. The molecule has 0 radical (unpaired) electrons. The van der Waals surface area contributed by atoms with E-state index in [-0.39, 0.29) is 18.1 Å². The molecule has 0 saturated carbocycles. The van der Waals surface area contributed by atoms with Crippen LogP contribution in [-0.2, 0) is 24.1 Å². The molecule has 0 bridgehead atoms. The average molecular weight is 439 g/mol. The lowest BCUT2D eigenvalue weighted by molar-refractivity contribution is -0.131. The van der Waals surface area contributed by atoms with Crippen LogP contribution in [0.1, 0.15) is 48.9 Å². The summed E-state index contributed by atoms with van der Waals surface area (Å²) in [6.45, 7) is 8.33. The van der Waals surface area contributed by atoms with E-state index in [4.69, 9.17) is 4.74 Å². The number of carbonyl (C=O) groups excluding carboxylic acids is 1. The zero-order valence-corrected chi connectivity index (χ0v) is 20.2. The highest BCUT2D eigenvalue weighted by Gasteiger charge is 2.35. The summed E-state index contributed by atoms with van der Waals surface area (Å²) in [5, 5.41) is 9.34. The molecule has 5 nitrogen and oxygen atoms in total. The second-order valence-electron chi connectivity index (χ2n) is 9.83. The molecule has 1 atom stereocenters. The zero-order chi connectivity index (χ0) is 23.3. The third-order valence-electron chi connectivity index (χ3n) is 6.17. The van der Waals surface area contributed by atoms with Crippen molar-refractivity contribution in [3.05, 3.63) is 64.7 Å². The van der Waals surface area contributed by atoms with Crippen LogP contribution < -0.4 is 4.74 Å². The molecule has 1 amide bonds. The molecule has 174 valence electrons. The van der Waals surface area contributed by atoms with Gasteiger partial charge in [0, 0.05) is 32.5 Å². The maximum Gasteiger partial charge on any atom is 0.227 e. The van der Waals surface area contributed by atoms with Crippen molar-refractivity contribution in [1.29, 1.82) is 0 Å². The van der Waals surface area contributed by atoms with Crippen LogP contribution in [0.3, 0.4) is 0 Å². The Morgan fingerprint density at radius 1 is 1.06 bits per heavy atom. The smallest absolute Gasteiger partial charge is 0.227 e. The van der Waals surface area contributed by atoms with E-state index in [9.17, 15) is 9.90 Å². The van der Waals surface area contributed by atoms with E-state index in [0.717, 1.165) is 30.7 Å². The fraction of sp³-hybridized carbons (Fsp3) is 0.519. The van der Waals surface area contributed by atoms with E-state index in [1.54, 1.807) is 4.90 Å². The number of fused-ring (bicyclic) bond motifs is 1. The van der Waals surface area contributed by atoms with Crippen molar-refractivity contribution in [1.82, 2.24) is 9.80 Å². The number of hydrogen-bond acceptors (Lipinski definition) is 4. The Morgan fingerprint density at radius 3 is 2.38 bits per heavy atom. The normalized spacial score (nSPS) is 17.5. The highest BCUT2D eigenvalue weighted by Crippen LogP contribution is 2.37. The summed E-state index contributed by atoms with van der Waals surface area (Å²) in [6, 6.07) is 14.9. The summed E-state index contributed by atoms with van der Waals surface area (Å²) >= 11 is 0. The van der Waals surface area contributed by atoms with Gasteiger partial charge in [-0.15, -0.1) is 0 Å². The lowest BCUT2D eigenvalue weighted by Gasteiger charge is -2.24. The van der Waals surface area contributed by atoms with Crippen molar-refractivity contribution < 1.29 is 14.6 Å². The predicted octanol–water partition coefficient (Wildman–Crippen LogP) is 3.67. The van der Waals surface area contributed by atoms with Gasteiger partial charge in [-0.1, -0.05) is 50.2 Å². The van der Waals surface area contributed by atoms with Gasteiger partial charge in [-0.2, -0.15) is 0 Å². The van der Waals surface area contributed by atoms with E-state index >= 15 is 0 Å². The quantitative estimate of drug-likeness (QED) is 0.615. The van der Waals surface area contributed by atoms with Gasteiger partial charge in [-0.25, -0.2) is 0 Å². The monoisotopic (exact) mass is 438 g/mol. The predicted molar refractivity (Wildman–Crippen MR) is 129 cm³/mol. The first-order valence-corrected chi connectivity index (χ1v) is 11.6. The van der Waals surface area contributed by atoms with E-state index < -0.39 is 0 Å². The van der Waals surface area contributed by atoms with Crippen LogP contribution >= 0.6 is 0 Å². The molecule has 0 fully saturated rings. The first kappa shape index (κ1) is 24.3. The molecule has 32 heavy (non-hydrogen) atoms. The fourth-order valence-corrected chi connectivity index (χ4v) is 4.32. The number of amides is 1. The number of ether oxygens (including phenoxy) is 1. The topological polar surface area (TPSA) is 53.0 Å². The first-order chi connectivity index (χ1) is 15.2. The Morgan fingerprint density at radius 2 is 1.75 bits per heavy atom. The molecular weight excluding hydrogens is 400 g/mol. The molecule has 2 aromatic carbocycles. The number of hydrogen-bond donors (Lipinski definition) is 1. The minimum absolute atomic E-state index is 0.0201. The Labute approximate surface area is 193 Å². The Hall–Kier alpha value is -2.37. The standard InChI is InChI=1S/C27H38N2O3/c1-20(2)23-9-6-21(7-10-23)18-27(3)19-24-16-22(8-11-25(24)32-27)17-26(31)29(14-15-30)13-12-28(4)5/h6-11,16,20,30H,12-15,17-19H2,1-5H3/t27-/m1/s1. The number of likely N-dealkylation sites (N-methyl/N-ethyl adjacent to an activating group) is 1. The van der Waals surface area contributed by atoms with E-state index in [2.05, 4.69) is 51.1 Å². The largest absolute Gasteiger partial charge is 0.487 e. The molecule has 1 heterocycles. The van der Waals surface area contributed by atoms with Crippen molar-refractivity contribution >= 4 is 5.91 Å². The Kier molecular flexibility index (Phi) is 7.96. The summed E-state index contributed by atoms with van der Waals surface area (Å²) in [6.07, 6.45) is 2.02. The van der Waals surface area contributed by atoms with Crippen molar-refractivity contribution in [3.63, 3.8) is 0 Å². The van der Waals surface area contributed by atoms with Gasteiger partial charge in [0.2, 0.25) is 5.91 Å². The molecule has 1 aliphatic rings. The summed E-state index contributed by atoms with van der Waals surface area (Å²) in [7, 11) is 3.97. The fourth-order valence-electron chi connectivity index (χ4n) is 4.32. The van der Waals surface area contributed by atoms with Crippen LogP contribution in [0.25, 0.3) is 0 Å². The van der Waals surface area contributed by atoms with Gasteiger partial charge in [0.15, 0.2) is 0 Å². The minimum atomic E-state index is -0.279. The lowest BCUT2D eigenvalue weighted by Crippen LogP contribution is -2.39. The number of benzene rings is 2. The van der Waals surface area contributed by atoms with Crippen LogP contribution in [0.5, 0.6) is 5.75 Å². The average Bonchev–Trinajstić information content (AvgIpc) is 3.06. The molecule has 1 aliphatic heterocycles. The highest BCUT2D eigenvalue weighted by molar-refractivity contribution is 5.79. The summed E-state index contributed by atoms with van der Waals surface area (Å²) in [5.74, 6) is 1.50. The number of nitrogens with zero attached hydrogens (tertiary/aromatic N) is 2. The molecule has 0 unspecified atom stereocenters. The maximum atomic E-state index is 12.8. The molecular formula is C27H38N2O3. The molecule has 3 rings (SSSR count). The minimum Gasteiger partial charge on any atom is -0.487 e. The third-order valence-corrected chi connectivity index (χ3v) is 6.17. The number of aliphatic hydroxyl groups excluding tert-OH is 1. The number of rotatable bonds is 10. The number of carbonyl (C=O) groups is 1. The molecule has 0 aliphatic carbocycles. The van der Waals surface area contributed by atoms with Gasteiger partial charge in [0.1, 0.15) is 11.4 Å². The van der Waals surface area contributed by atoms with Crippen LogP contribution in [0.15, 0.2) is 42.5 Å². The summed E-state index contributed by atoms with van der Waals surface area (Å²) < 4.78 is 6.35. The number of aliphatic hydroxyl groups is 1. The van der Waals surface area contributed by atoms with E-state index in [0.29, 0.717) is 25.4 Å². The van der Waals surface area contributed by atoms with Gasteiger partial charge in [0.25, 0.3) is 0 Å². The van der Waals surface area contributed by atoms with Crippen molar-refractivity contribution in [2.24, 2.45) is 0 Å². The van der Waals surface area contributed by atoms with Crippen molar-refractivity contribution in [3.8, 4) is 5.75 Å². The Bertz CT molecular complexity index is 908. The molecule has 5 heteroatoms. The highest BCUT2D eigenvalue weighted by atomic mass is 16.5. The molecule has 0 spiro atoms. The molecule has 1 N–H and O–H groups in total. The molecule has 0 aromatic heterocycles. The van der Waals surface area contributed by atoms with E-state index in [1.165, 1.54) is 16.7 Å². The van der Waals surface area contributed by atoms with Gasteiger partial charge in [0.05, 0.1) is 13.0 Å². The van der Waals surface area contributed by atoms with Crippen LogP contribution in [-0.4, -0.2) is 66.8 Å². The van der Waals surface area contributed by atoms with Crippen molar-refractivity contribution in [2.75, 3.05) is 40.3 Å². The second kappa shape index (κ2) is 10.5. The van der Waals surface area contributed by atoms with Crippen LogP contribution in [0, 0.1) is 0 Å². The summed E-state index contributed by atoms with van der Waals surface area (Å²) in [4.78, 5) is 16.6. The molecule has 0 saturated heterocycles. The van der Waals surface area contributed by atoms with Crippen LogP contribution in [0.2, 0.25) is 0 Å². The first-order valence-electron chi connectivity index (χ1n) is 11.6. The summed E-state index contributed by atoms with van der Waals surface area (Å²) in [5.41, 5.74) is 4.51. The lowest BCUT2D eigenvalue weighted by atomic mass is 9.90. The van der Waals surface area contributed by atoms with Crippen molar-refractivity contribution in [2.45, 2.75) is 51.6 Å². The van der Waals surface area contributed by atoms with Gasteiger partial charge in [-0.05, 0) is 55.3 Å². The SMILES string of the molecule is CC(C)c1ccc(C[C@]2(C)Cc3cc(CC(=O)N(CCO)CCN(C)C)ccc3O2)cc1. The van der Waals surface area contributed by atoms with Gasteiger partial charge < -0.3 is 19.6 Å². The Balaban J connectivity index is 1.64. The van der Waals surface area contributed by atoms with Crippen LogP contribution in [0.4, 0.5) is 0 Å².